The summed E-state index contributed by atoms with van der Waals surface area (Å²) in [6, 6.07) is 12.3. The van der Waals surface area contributed by atoms with Gasteiger partial charge in [0.25, 0.3) is 5.91 Å². The Balaban J connectivity index is 2.21. The summed E-state index contributed by atoms with van der Waals surface area (Å²) in [5, 5.41) is 2.79. The number of methoxy groups -OCH3 is 1. The lowest BCUT2D eigenvalue weighted by Crippen LogP contribution is -2.14. The van der Waals surface area contributed by atoms with E-state index in [1.54, 1.807) is 30.3 Å². The van der Waals surface area contributed by atoms with Crippen molar-refractivity contribution in [1.82, 2.24) is 0 Å². The maximum absolute atomic E-state index is 12.3. The predicted molar refractivity (Wildman–Crippen MR) is 81.7 cm³/mol. The molecule has 0 bridgehead atoms. The van der Waals surface area contributed by atoms with E-state index in [4.69, 9.17) is 0 Å². The highest BCUT2D eigenvalue weighted by atomic mass is 16.5. The number of ether oxygens (including phenoxy) is 1. The van der Waals surface area contributed by atoms with Gasteiger partial charge in [0.15, 0.2) is 0 Å². The largest absolute Gasteiger partial charge is 0.465 e. The van der Waals surface area contributed by atoms with E-state index < -0.39 is 5.97 Å². The van der Waals surface area contributed by atoms with Gasteiger partial charge in [-0.1, -0.05) is 23.8 Å². The van der Waals surface area contributed by atoms with E-state index >= 15 is 0 Å². The molecule has 0 atom stereocenters. The van der Waals surface area contributed by atoms with Crippen LogP contribution in [0.1, 0.15) is 31.8 Å². The number of nitrogens with one attached hydrogen (secondary N) is 1. The van der Waals surface area contributed by atoms with Gasteiger partial charge < -0.3 is 10.1 Å². The Bertz CT molecular complexity index is 692. The Morgan fingerprint density at radius 3 is 2.48 bits per heavy atom. The summed E-state index contributed by atoms with van der Waals surface area (Å²) in [7, 11) is 1.32. The third-order valence-corrected chi connectivity index (χ3v) is 3.17. The highest BCUT2D eigenvalue weighted by Gasteiger charge is 2.11. The third-order valence-electron chi connectivity index (χ3n) is 3.17. The Kier molecular flexibility index (Phi) is 4.38. The van der Waals surface area contributed by atoms with Crippen LogP contribution in [-0.4, -0.2) is 19.0 Å². The van der Waals surface area contributed by atoms with Gasteiger partial charge in [-0.25, -0.2) is 4.79 Å². The van der Waals surface area contributed by atoms with Gasteiger partial charge in [-0.3, -0.25) is 4.79 Å². The molecule has 1 amide bonds. The SMILES string of the molecule is COC(=O)c1cccc(NC(=O)c2ccc(C)cc2C)c1. The van der Waals surface area contributed by atoms with Crippen LogP contribution in [0.5, 0.6) is 0 Å². The van der Waals surface area contributed by atoms with Crippen molar-refractivity contribution < 1.29 is 14.3 Å². The van der Waals surface area contributed by atoms with Crippen LogP contribution < -0.4 is 5.32 Å². The fourth-order valence-corrected chi connectivity index (χ4v) is 2.11. The van der Waals surface area contributed by atoms with Crippen molar-refractivity contribution in [3.05, 3.63) is 64.7 Å². The van der Waals surface area contributed by atoms with E-state index in [-0.39, 0.29) is 5.91 Å². The lowest BCUT2D eigenvalue weighted by molar-refractivity contribution is 0.0600. The molecule has 0 saturated carbocycles. The molecule has 108 valence electrons. The topological polar surface area (TPSA) is 55.4 Å². The van der Waals surface area contributed by atoms with Gasteiger partial charge in [0.1, 0.15) is 0 Å². The second-order valence-corrected chi connectivity index (χ2v) is 4.84. The Morgan fingerprint density at radius 2 is 1.81 bits per heavy atom. The normalized spacial score (nSPS) is 10.0. The quantitative estimate of drug-likeness (QED) is 0.879. The van der Waals surface area contributed by atoms with Crippen LogP contribution in [0.15, 0.2) is 42.5 Å². The van der Waals surface area contributed by atoms with Gasteiger partial charge in [-0.15, -0.1) is 0 Å². The molecular formula is C17H17NO3. The van der Waals surface area contributed by atoms with E-state index in [2.05, 4.69) is 10.1 Å². The van der Waals surface area contributed by atoms with E-state index in [1.807, 2.05) is 26.0 Å². The first-order valence-electron chi connectivity index (χ1n) is 6.58. The minimum Gasteiger partial charge on any atom is -0.465 e. The summed E-state index contributed by atoms with van der Waals surface area (Å²) in [5.74, 6) is -0.632. The first kappa shape index (κ1) is 14.8. The molecule has 4 heteroatoms. The van der Waals surface area contributed by atoms with E-state index in [1.165, 1.54) is 7.11 Å². The Morgan fingerprint density at radius 1 is 1.05 bits per heavy atom. The number of rotatable bonds is 3. The second kappa shape index (κ2) is 6.22. The molecule has 0 aliphatic heterocycles. The molecule has 0 aliphatic rings. The molecule has 1 N–H and O–H groups in total. The summed E-state index contributed by atoms with van der Waals surface area (Å²) in [6.07, 6.45) is 0. The molecule has 2 rings (SSSR count). The summed E-state index contributed by atoms with van der Waals surface area (Å²) < 4.78 is 4.66. The van der Waals surface area contributed by atoms with E-state index in [9.17, 15) is 9.59 Å². The van der Waals surface area contributed by atoms with Crippen LogP contribution in [0.4, 0.5) is 5.69 Å². The monoisotopic (exact) mass is 283 g/mol. The smallest absolute Gasteiger partial charge is 0.337 e. The third kappa shape index (κ3) is 3.48. The zero-order valence-electron chi connectivity index (χ0n) is 12.3. The Labute approximate surface area is 123 Å². The lowest BCUT2D eigenvalue weighted by Gasteiger charge is -2.09. The number of benzene rings is 2. The number of aryl methyl sites for hydroxylation is 2. The Hall–Kier alpha value is -2.62. The number of amides is 1. The number of hydrogen-bond acceptors (Lipinski definition) is 3. The molecule has 0 saturated heterocycles. The molecule has 2 aromatic carbocycles. The maximum Gasteiger partial charge on any atom is 0.337 e. The molecule has 0 aromatic heterocycles. The average molecular weight is 283 g/mol. The van der Waals surface area contributed by atoms with E-state index in [0.717, 1.165) is 11.1 Å². The standard InChI is InChI=1S/C17H17NO3/c1-11-7-8-15(12(2)9-11)16(19)18-14-6-4-5-13(10-14)17(20)21-3/h4-10H,1-3H3,(H,18,19). The summed E-state index contributed by atoms with van der Waals surface area (Å²) in [4.78, 5) is 23.7. The van der Waals surface area contributed by atoms with Gasteiger partial charge in [-0.05, 0) is 43.7 Å². The van der Waals surface area contributed by atoms with Crippen molar-refractivity contribution in [3.63, 3.8) is 0 Å². The van der Waals surface area contributed by atoms with Crippen LogP contribution in [0.25, 0.3) is 0 Å². The van der Waals surface area contributed by atoms with E-state index in [0.29, 0.717) is 16.8 Å². The highest BCUT2D eigenvalue weighted by Crippen LogP contribution is 2.15. The molecule has 0 spiro atoms. The van der Waals surface area contributed by atoms with Crippen molar-refractivity contribution >= 4 is 17.6 Å². The summed E-state index contributed by atoms with van der Waals surface area (Å²) in [6.45, 7) is 3.88. The predicted octanol–water partition coefficient (Wildman–Crippen LogP) is 3.34. The van der Waals surface area contributed by atoms with Gasteiger partial charge in [0, 0.05) is 11.3 Å². The fourth-order valence-electron chi connectivity index (χ4n) is 2.11. The molecule has 0 unspecified atom stereocenters. The minimum absolute atomic E-state index is 0.200. The molecule has 4 nitrogen and oxygen atoms in total. The van der Waals surface area contributed by atoms with Crippen LogP contribution in [-0.2, 0) is 4.74 Å². The van der Waals surface area contributed by atoms with Crippen molar-refractivity contribution in [2.45, 2.75) is 13.8 Å². The van der Waals surface area contributed by atoms with Crippen LogP contribution in [0, 0.1) is 13.8 Å². The molecule has 0 fully saturated rings. The molecular weight excluding hydrogens is 266 g/mol. The number of anilines is 1. The van der Waals surface area contributed by atoms with Crippen molar-refractivity contribution in [2.24, 2.45) is 0 Å². The van der Waals surface area contributed by atoms with Gasteiger partial charge >= 0.3 is 5.97 Å². The van der Waals surface area contributed by atoms with Crippen molar-refractivity contribution in [1.29, 1.82) is 0 Å². The lowest BCUT2D eigenvalue weighted by atomic mass is 10.1. The minimum atomic E-state index is -0.433. The first-order valence-corrected chi connectivity index (χ1v) is 6.58. The molecule has 0 heterocycles. The molecule has 21 heavy (non-hydrogen) atoms. The van der Waals surface area contributed by atoms with Crippen molar-refractivity contribution in [2.75, 3.05) is 12.4 Å². The average Bonchev–Trinajstić information content (AvgIpc) is 2.46. The molecule has 2 aromatic rings. The van der Waals surface area contributed by atoms with Crippen molar-refractivity contribution in [3.8, 4) is 0 Å². The van der Waals surface area contributed by atoms with Crippen LogP contribution >= 0.6 is 0 Å². The highest BCUT2D eigenvalue weighted by molar-refractivity contribution is 6.05. The van der Waals surface area contributed by atoms with Crippen LogP contribution in [0.2, 0.25) is 0 Å². The number of hydrogen-bond donors (Lipinski definition) is 1. The first-order chi connectivity index (χ1) is 10.0. The summed E-state index contributed by atoms with van der Waals surface area (Å²) >= 11 is 0. The maximum atomic E-state index is 12.3. The fraction of sp³-hybridized carbons (Fsp3) is 0.176. The molecule has 0 aliphatic carbocycles. The van der Waals surface area contributed by atoms with Gasteiger partial charge in [0.05, 0.1) is 12.7 Å². The number of esters is 1. The van der Waals surface area contributed by atoms with Gasteiger partial charge in [-0.2, -0.15) is 0 Å². The molecule has 0 radical (unpaired) electrons. The number of carbonyl (C=O) groups excluding carboxylic acids is 2. The van der Waals surface area contributed by atoms with Crippen LogP contribution in [0.3, 0.4) is 0 Å². The number of carbonyl (C=O) groups is 2. The second-order valence-electron chi connectivity index (χ2n) is 4.84. The zero-order chi connectivity index (χ0) is 15.4. The zero-order valence-corrected chi connectivity index (χ0v) is 12.3. The van der Waals surface area contributed by atoms with Gasteiger partial charge in [0.2, 0.25) is 0 Å². The summed E-state index contributed by atoms with van der Waals surface area (Å²) in [5.41, 5.74) is 3.59.